The topological polar surface area (TPSA) is 49.4 Å². The smallest absolute Gasteiger partial charge is 0.222 e. The number of hydrogen-bond acceptors (Lipinski definition) is 2. The monoisotopic (exact) mass is 404 g/mol. The van der Waals surface area contributed by atoms with Crippen LogP contribution in [0.3, 0.4) is 0 Å². The third-order valence-corrected chi connectivity index (χ3v) is 6.51. The molecular weight excluding hydrogens is 372 g/mol. The van der Waals surface area contributed by atoms with Crippen molar-refractivity contribution in [2.45, 2.75) is 76.7 Å². The predicted molar refractivity (Wildman–Crippen MR) is 113 cm³/mol. The summed E-state index contributed by atoms with van der Waals surface area (Å²) in [5.74, 6) is 1.16. The van der Waals surface area contributed by atoms with Crippen LogP contribution < -0.4 is 5.32 Å². The molecule has 4 nitrogen and oxygen atoms in total. The molecule has 154 valence electrons. The van der Waals surface area contributed by atoms with Gasteiger partial charge in [0.15, 0.2) is 0 Å². The van der Waals surface area contributed by atoms with Gasteiger partial charge in [0.05, 0.1) is 0 Å². The Labute approximate surface area is 174 Å². The molecule has 5 heteroatoms. The van der Waals surface area contributed by atoms with Crippen LogP contribution in [0.4, 0.5) is 0 Å². The number of nitrogens with one attached hydrogen (secondary N) is 1. The highest BCUT2D eigenvalue weighted by atomic mass is 35.5. The second-order valence-corrected chi connectivity index (χ2v) is 8.83. The zero-order valence-electron chi connectivity index (χ0n) is 16.8. The Balaban J connectivity index is 1.31. The van der Waals surface area contributed by atoms with Crippen LogP contribution in [-0.2, 0) is 16.0 Å². The zero-order valence-corrected chi connectivity index (χ0v) is 17.6. The third-order valence-electron chi connectivity index (χ3n) is 6.26. The van der Waals surface area contributed by atoms with E-state index in [4.69, 9.17) is 11.6 Å². The quantitative estimate of drug-likeness (QED) is 0.713. The van der Waals surface area contributed by atoms with E-state index in [9.17, 15) is 9.59 Å². The molecule has 28 heavy (non-hydrogen) atoms. The first-order valence-electron chi connectivity index (χ1n) is 10.9. The number of likely N-dealkylation sites (tertiary alicyclic amines) is 1. The SMILES string of the molecule is O=C(CCc1ccc(Cl)cc1)NC1CCN(C(=O)CCC2CCCCC2)CC1. The zero-order chi connectivity index (χ0) is 19.8. The van der Waals surface area contributed by atoms with Gasteiger partial charge >= 0.3 is 0 Å². The van der Waals surface area contributed by atoms with Gasteiger partial charge in [0.25, 0.3) is 0 Å². The van der Waals surface area contributed by atoms with Crippen molar-refractivity contribution in [1.29, 1.82) is 0 Å². The maximum atomic E-state index is 12.5. The summed E-state index contributed by atoms with van der Waals surface area (Å²) in [5.41, 5.74) is 1.12. The molecule has 0 radical (unpaired) electrons. The van der Waals surface area contributed by atoms with E-state index in [1.165, 1.54) is 32.1 Å². The number of benzene rings is 1. The van der Waals surface area contributed by atoms with E-state index in [1.807, 2.05) is 29.2 Å². The normalized spacial score (nSPS) is 18.8. The Morgan fingerprint density at radius 3 is 2.32 bits per heavy atom. The van der Waals surface area contributed by atoms with Gasteiger partial charge in [0.1, 0.15) is 0 Å². The van der Waals surface area contributed by atoms with Crippen molar-refractivity contribution >= 4 is 23.4 Å². The molecule has 3 rings (SSSR count). The molecule has 1 saturated carbocycles. The minimum Gasteiger partial charge on any atom is -0.353 e. The average Bonchev–Trinajstić information content (AvgIpc) is 2.73. The van der Waals surface area contributed by atoms with Crippen LogP contribution in [0.15, 0.2) is 24.3 Å². The van der Waals surface area contributed by atoms with Crippen molar-refractivity contribution < 1.29 is 9.59 Å². The minimum atomic E-state index is 0.0945. The molecule has 1 saturated heterocycles. The summed E-state index contributed by atoms with van der Waals surface area (Å²) in [5, 5.41) is 3.86. The van der Waals surface area contributed by atoms with E-state index >= 15 is 0 Å². The Kier molecular flexibility index (Phi) is 8.20. The first kappa shape index (κ1) is 21.2. The Hall–Kier alpha value is -1.55. The van der Waals surface area contributed by atoms with Gasteiger partial charge < -0.3 is 10.2 Å². The van der Waals surface area contributed by atoms with Crippen molar-refractivity contribution in [3.8, 4) is 0 Å². The van der Waals surface area contributed by atoms with Gasteiger partial charge in [-0.25, -0.2) is 0 Å². The van der Waals surface area contributed by atoms with Gasteiger partial charge in [-0.05, 0) is 49.3 Å². The summed E-state index contributed by atoms with van der Waals surface area (Å²) in [7, 11) is 0. The largest absolute Gasteiger partial charge is 0.353 e. The van der Waals surface area contributed by atoms with Crippen LogP contribution in [0.5, 0.6) is 0 Å². The van der Waals surface area contributed by atoms with E-state index in [-0.39, 0.29) is 11.9 Å². The molecule has 1 aromatic carbocycles. The van der Waals surface area contributed by atoms with E-state index in [2.05, 4.69) is 5.32 Å². The molecule has 1 N–H and O–H groups in total. The maximum Gasteiger partial charge on any atom is 0.222 e. The summed E-state index contributed by atoms with van der Waals surface area (Å²) in [6.45, 7) is 1.54. The van der Waals surface area contributed by atoms with Gasteiger partial charge in [-0.2, -0.15) is 0 Å². The van der Waals surface area contributed by atoms with E-state index in [0.717, 1.165) is 50.3 Å². The van der Waals surface area contributed by atoms with Gasteiger partial charge in [0, 0.05) is 37.0 Å². The van der Waals surface area contributed by atoms with Gasteiger partial charge in [-0.3, -0.25) is 9.59 Å². The summed E-state index contributed by atoms with van der Waals surface area (Å²) >= 11 is 5.89. The summed E-state index contributed by atoms with van der Waals surface area (Å²) in [6, 6.07) is 7.84. The molecule has 0 aromatic heterocycles. The average molecular weight is 405 g/mol. The lowest BCUT2D eigenvalue weighted by Gasteiger charge is -2.33. The van der Waals surface area contributed by atoms with E-state index in [1.54, 1.807) is 0 Å². The molecule has 1 aromatic rings. The predicted octanol–water partition coefficient (Wildman–Crippen LogP) is 4.74. The Morgan fingerprint density at radius 2 is 1.64 bits per heavy atom. The molecule has 1 aliphatic carbocycles. The third kappa shape index (κ3) is 6.80. The van der Waals surface area contributed by atoms with Gasteiger partial charge in [-0.1, -0.05) is 55.8 Å². The van der Waals surface area contributed by atoms with Crippen LogP contribution in [0.25, 0.3) is 0 Å². The lowest BCUT2D eigenvalue weighted by molar-refractivity contribution is -0.132. The lowest BCUT2D eigenvalue weighted by atomic mass is 9.86. The molecule has 0 atom stereocenters. The fraction of sp³-hybridized carbons (Fsp3) is 0.652. The molecule has 2 fully saturated rings. The fourth-order valence-electron chi connectivity index (χ4n) is 4.44. The number of nitrogens with zero attached hydrogens (tertiary/aromatic N) is 1. The number of aryl methyl sites for hydroxylation is 1. The number of carbonyl (C=O) groups is 2. The highest BCUT2D eigenvalue weighted by Gasteiger charge is 2.24. The molecule has 1 heterocycles. The van der Waals surface area contributed by atoms with Gasteiger partial charge in [-0.15, -0.1) is 0 Å². The van der Waals surface area contributed by atoms with Crippen LogP contribution in [0.2, 0.25) is 5.02 Å². The number of piperidine rings is 1. The summed E-state index contributed by atoms with van der Waals surface area (Å²) in [4.78, 5) is 26.7. The number of halogens is 1. The van der Waals surface area contributed by atoms with Crippen molar-refractivity contribution in [3.63, 3.8) is 0 Å². The van der Waals surface area contributed by atoms with Gasteiger partial charge in [0.2, 0.25) is 11.8 Å². The highest BCUT2D eigenvalue weighted by molar-refractivity contribution is 6.30. The number of carbonyl (C=O) groups excluding carboxylic acids is 2. The number of rotatable bonds is 7. The van der Waals surface area contributed by atoms with Crippen molar-refractivity contribution in [2.24, 2.45) is 5.92 Å². The molecule has 1 aliphatic heterocycles. The van der Waals surface area contributed by atoms with Crippen molar-refractivity contribution in [2.75, 3.05) is 13.1 Å². The Bertz CT molecular complexity index is 633. The second-order valence-electron chi connectivity index (χ2n) is 8.39. The first-order chi connectivity index (χ1) is 13.6. The van der Waals surface area contributed by atoms with Crippen LogP contribution >= 0.6 is 11.6 Å². The molecule has 0 unspecified atom stereocenters. The summed E-state index contributed by atoms with van der Waals surface area (Å²) in [6.07, 6.45) is 11.3. The fourth-order valence-corrected chi connectivity index (χ4v) is 4.57. The highest BCUT2D eigenvalue weighted by Crippen LogP contribution is 2.27. The molecule has 0 spiro atoms. The Morgan fingerprint density at radius 1 is 0.964 bits per heavy atom. The standard InChI is InChI=1S/C23H33ClN2O2/c24-20-10-6-19(7-11-20)8-12-22(27)25-21-14-16-26(17-15-21)23(28)13-9-18-4-2-1-3-5-18/h6-7,10-11,18,21H,1-5,8-9,12-17H2,(H,25,27). The first-order valence-corrected chi connectivity index (χ1v) is 11.3. The second kappa shape index (κ2) is 10.8. The number of amides is 2. The maximum absolute atomic E-state index is 12.5. The van der Waals surface area contributed by atoms with Crippen LogP contribution in [0, 0.1) is 5.92 Å². The molecule has 2 aliphatic rings. The van der Waals surface area contributed by atoms with Crippen LogP contribution in [-0.4, -0.2) is 35.8 Å². The van der Waals surface area contributed by atoms with E-state index in [0.29, 0.717) is 23.8 Å². The minimum absolute atomic E-state index is 0.0945. The molecule has 0 bridgehead atoms. The van der Waals surface area contributed by atoms with E-state index < -0.39 is 0 Å². The van der Waals surface area contributed by atoms with Crippen molar-refractivity contribution in [1.82, 2.24) is 10.2 Å². The molecule has 2 amide bonds. The number of hydrogen-bond donors (Lipinski definition) is 1. The van der Waals surface area contributed by atoms with Crippen LogP contribution in [0.1, 0.15) is 69.8 Å². The summed E-state index contributed by atoms with van der Waals surface area (Å²) < 4.78 is 0. The molecular formula is C23H33ClN2O2. The lowest BCUT2D eigenvalue weighted by Crippen LogP contribution is -2.46. The van der Waals surface area contributed by atoms with Crippen molar-refractivity contribution in [3.05, 3.63) is 34.9 Å².